The molecule has 2 aliphatic heterocycles. The Morgan fingerprint density at radius 2 is 2.18 bits per heavy atom. The van der Waals surface area contributed by atoms with Gasteiger partial charge in [0.2, 0.25) is 0 Å². The molecule has 2 aliphatic rings. The second-order valence-corrected chi connectivity index (χ2v) is 5.11. The molecule has 17 heavy (non-hydrogen) atoms. The van der Waals surface area contributed by atoms with Gasteiger partial charge < -0.3 is 9.47 Å². The van der Waals surface area contributed by atoms with Crippen molar-refractivity contribution >= 4 is 11.6 Å². The fraction of sp³-hybridized carbons (Fsp3) is 0.667. The van der Waals surface area contributed by atoms with Gasteiger partial charge in [-0.3, -0.25) is 0 Å². The highest BCUT2D eigenvalue weighted by atomic mass is 35.5. The van der Waals surface area contributed by atoms with Crippen molar-refractivity contribution in [3.63, 3.8) is 0 Å². The molecule has 1 aromatic rings. The van der Waals surface area contributed by atoms with Crippen molar-refractivity contribution < 1.29 is 9.47 Å². The minimum atomic E-state index is -0.364. The van der Waals surface area contributed by atoms with Gasteiger partial charge in [0.25, 0.3) is 0 Å². The molecule has 0 amide bonds. The maximum Gasteiger partial charge on any atom is 0.161 e. The van der Waals surface area contributed by atoms with Crippen LogP contribution in [0.1, 0.15) is 36.8 Å². The molecule has 0 bridgehead atoms. The first kappa shape index (κ1) is 11.4. The van der Waals surface area contributed by atoms with Gasteiger partial charge in [0.05, 0.1) is 18.9 Å². The molecule has 5 heteroatoms. The van der Waals surface area contributed by atoms with Crippen LogP contribution in [0.5, 0.6) is 0 Å². The Morgan fingerprint density at radius 3 is 2.94 bits per heavy atom. The lowest BCUT2D eigenvalue weighted by Gasteiger charge is -2.24. The molecule has 0 aromatic carbocycles. The first-order valence-electron chi connectivity index (χ1n) is 5.96. The lowest BCUT2D eigenvalue weighted by atomic mass is 10.0. The summed E-state index contributed by atoms with van der Waals surface area (Å²) in [5.74, 6) is 0.723. The van der Waals surface area contributed by atoms with E-state index in [1.54, 1.807) is 0 Å². The molecular formula is C12H15ClN2O2. The highest BCUT2D eigenvalue weighted by molar-refractivity contribution is 6.30. The summed E-state index contributed by atoms with van der Waals surface area (Å²) in [5, 5.41) is 0.515. The molecule has 0 spiro atoms. The van der Waals surface area contributed by atoms with E-state index in [2.05, 4.69) is 9.97 Å². The molecule has 1 atom stereocenters. The number of fused-ring (bicyclic) bond motifs is 1. The van der Waals surface area contributed by atoms with Crippen LogP contribution < -0.4 is 0 Å². The zero-order chi connectivity index (χ0) is 11.9. The summed E-state index contributed by atoms with van der Waals surface area (Å²) in [6.07, 6.45) is 2.82. The second-order valence-electron chi connectivity index (χ2n) is 4.75. The lowest BCUT2D eigenvalue weighted by molar-refractivity contribution is 0.00863. The molecule has 0 radical (unpaired) electrons. The summed E-state index contributed by atoms with van der Waals surface area (Å²) < 4.78 is 11.1. The predicted octanol–water partition coefficient (Wildman–Crippen LogP) is 2.23. The Hall–Kier alpha value is -0.710. The molecule has 1 unspecified atom stereocenters. The summed E-state index contributed by atoms with van der Waals surface area (Å²) >= 11 is 6.20. The number of ether oxygens (including phenoxy) is 2. The van der Waals surface area contributed by atoms with Crippen molar-refractivity contribution in [2.75, 3.05) is 13.2 Å². The number of nitrogens with zero attached hydrogens (tertiary/aromatic N) is 2. The minimum Gasteiger partial charge on any atom is -0.376 e. The molecule has 0 saturated carbocycles. The van der Waals surface area contributed by atoms with Crippen molar-refractivity contribution in [2.24, 2.45) is 0 Å². The Balaban J connectivity index is 2.04. The fourth-order valence-corrected chi connectivity index (χ4v) is 2.63. The summed E-state index contributed by atoms with van der Waals surface area (Å²) in [7, 11) is 0. The summed E-state index contributed by atoms with van der Waals surface area (Å²) in [4.78, 5) is 9.02. The summed E-state index contributed by atoms with van der Waals surface area (Å²) in [6, 6.07) is 0. The maximum absolute atomic E-state index is 6.20. The van der Waals surface area contributed by atoms with Gasteiger partial charge in [-0.15, -0.1) is 0 Å². The van der Waals surface area contributed by atoms with Crippen LogP contribution in [-0.4, -0.2) is 23.2 Å². The Morgan fingerprint density at radius 1 is 1.29 bits per heavy atom. The zero-order valence-electron chi connectivity index (χ0n) is 9.83. The van der Waals surface area contributed by atoms with Crippen LogP contribution in [0.15, 0.2) is 0 Å². The number of rotatable bonds is 1. The minimum absolute atomic E-state index is 0.364. The van der Waals surface area contributed by atoms with Crippen molar-refractivity contribution in [1.82, 2.24) is 9.97 Å². The Labute approximate surface area is 105 Å². The molecule has 1 fully saturated rings. The molecule has 1 aromatic heterocycles. The van der Waals surface area contributed by atoms with E-state index < -0.39 is 0 Å². The quantitative estimate of drug-likeness (QED) is 0.721. The van der Waals surface area contributed by atoms with Gasteiger partial charge in [0, 0.05) is 18.6 Å². The fourth-order valence-electron chi connectivity index (χ4n) is 2.38. The van der Waals surface area contributed by atoms with Crippen LogP contribution in [0.2, 0.25) is 5.15 Å². The first-order chi connectivity index (χ1) is 8.19. The molecule has 0 aliphatic carbocycles. The van der Waals surface area contributed by atoms with E-state index in [0.717, 1.165) is 43.0 Å². The highest BCUT2D eigenvalue weighted by Gasteiger charge is 2.36. The van der Waals surface area contributed by atoms with Gasteiger partial charge in [-0.25, -0.2) is 9.97 Å². The van der Waals surface area contributed by atoms with E-state index in [9.17, 15) is 0 Å². The number of halogens is 1. The Kier molecular flexibility index (Phi) is 2.81. The van der Waals surface area contributed by atoms with Gasteiger partial charge in [-0.05, 0) is 19.8 Å². The summed E-state index contributed by atoms with van der Waals surface area (Å²) in [6.45, 7) is 4.04. The topological polar surface area (TPSA) is 44.2 Å². The van der Waals surface area contributed by atoms with Crippen LogP contribution in [0.3, 0.4) is 0 Å². The highest BCUT2D eigenvalue weighted by Crippen LogP contribution is 2.35. The SMILES string of the molecule is CC1(c2nc(Cl)c3c(n2)CCOC3)CCCO1. The first-order valence-corrected chi connectivity index (χ1v) is 6.34. The molecular weight excluding hydrogens is 240 g/mol. The third kappa shape index (κ3) is 1.94. The molecule has 1 saturated heterocycles. The van der Waals surface area contributed by atoms with Gasteiger partial charge in [-0.2, -0.15) is 0 Å². The van der Waals surface area contributed by atoms with Crippen molar-refractivity contribution in [2.45, 2.75) is 38.4 Å². The smallest absolute Gasteiger partial charge is 0.161 e. The lowest BCUT2D eigenvalue weighted by Crippen LogP contribution is -2.26. The van der Waals surface area contributed by atoms with Crippen molar-refractivity contribution in [3.8, 4) is 0 Å². The van der Waals surface area contributed by atoms with E-state index in [4.69, 9.17) is 21.1 Å². The monoisotopic (exact) mass is 254 g/mol. The van der Waals surface area contributed by atoms with Gasteiger partial charge >= 0.3 is 0 Å². The van der Waals surface area contributed by atoms with E-state index in [0.29, 0.717) is 18.4 Å². The van der Waals surface area contributed by atoms with Crippen LogP contribution in [0.4, 0.5) is 0 Å². The van der Waals surface area contributed by atoms with Crippen molar-refractivity contribution in [1.29, 1.82) is 0 Å². The third-order valence-electron chi connectivity index (χ3n) is 3.46. The average Bonchev–Trinajstić information content (AvgIpc) is 2.78. The Bertz CT molecular complexity index is 444. The largest absolute Gasteiger partial charge is 0.376 e. The van der Waals surface area contributed by atoms with Crippen molar-refractivity contribution in [3.05, 3.63) is 22.2 Å². The van der Waals surface area contributed by atoms with Gasteiger partial charge in [0.15, 0.2) is 5.82 Å². The summed E-state index contributed by atoms with van der Waals surface area (Å²) in [5.41, 5.74) is 1.59. The number of hydrogen-bond acceptors (Lipinski definition) is 4. The zero-order valence-corrected chi connectivity index (χ0v) is 10.6. The van der Waals surface area contributed by atoms with E-state index in [1.807, 2.05) is 6.92 Å². The van der Waals surface area contributed by atoms with Gasteiger partial charge in [-0.1, -0.05) is 11.6 Å². The molecule has 3 heterocycles. The normalized spacial score (nSPS) is 28.1. The number of hydrogen-bond donors (Lipinski definition) is 0. The molecule has 4 nitrogen and oxygen atoms in total. The average molecular weight is 255 g/mol. The predicted molar refractivity (Wildman–Crippen MR) is 62.9 cm³/mol. The van der Waals surface area contributed by atoms with E-state index in [-0.39, 0.29) is 5.60 Å². The molecule has 3 rings (SSSR count). The van der Waals surface area contributed by atoms with Crippen LogP contribution in [0, 0.1) is 0 Å². The molecule has 0 N–H and O–H groups in total. The number of aromatic nitrogens is 2. The van der Waals surface area contributed by atoms with Crippen LogP contribution in [-0.2, 0) is 28.1 Å². The second kappa shape index (κ2) is 4.19. The van der Waals surface area contributed by atoms with E-state index in [1.165, 1.54) is 0 Å². The van der Waals surface area contributed by atoms with Gasteiger partial charge in [0.1, 0.15) is 10.8 Å². The maximum atomic E-state index is 6.20. The van der Waals surface area contributed by atoms with Crippen LogP contribution >= 0.6 is 11.6 Å². The van der Waals surface area contributed by atoms with E-state index >= 15 is 0 Å². The molecule has 92 valence electrons. The standard InChI is InChI=1S/C12H15ClN2O2/c1-12(4-2-5-17-12)11-14-9-3-6-16-7-8(9)10(13)15-11/h2-7H2,1H3. The van der Waals surface area contributed by atoms with Crippen LogP contribution in [0.25, 0.3) is 0 Å². The third-order valence-corrected chi connectivity index (χ3v) is 3.78.